The van der Waals surface area contributed by atoms with Crippen LogP contribution in [0.25, 0.3) is 10.2 Å². The molecule has 2 N–H and O–H groups in total. The van der Waals surface area contributed by atoms with E-state index in [0.29, 0.717) is 11.8 Å². The number of nitrogens with one attached hydrogen (secondary N) is 1. The Morgan fingerprint density at radius 1 is 1.40 bits per heavy atom. The number of aliphatic hydroxyl groups is 1. The van der Waals surface area contributed by atoms with E-state index in [2.05, 4.69) is 28.3 Å². The van der Waals surface area contributed by atoms with Crippen molar-refractivity contribution in [3.05, 3.63) is 16.2 Å². The highest BCUT2D eigenvalue weighted by molar-refractivity contribution is 7.18. The van der Waals surface area contributed by atoms with Gasteiger partial charge in [-0.1, -0.05) is 6.42 Å². The first kappa shape index (κ1) is 14.0. The summed E-state index contributed by atoms with van der Waals surface area (Å²) in [6.07, 6.45) is 3.50. The Hall–Kier alpha value is -0.910. The van der Waals surface area contributed by atoms with Crippen molar-refractivity contribution in [3.8, 4) is 0 Å². The maximum atomic E-state index is 9.38. The van der Waals surface area contributed by atoms with Crippen molar-refractivity contribution in [3.63, 3.8) is 0 Å². The Morgan fingerprint density at radius 2 is 2.20 bits per heavy atom. The predicted molar refractivity (Wildman–Crippen MR) is 83.6 cm³/mol. The van der Waals surface area contributed by atoms with E-state index in [0.717, 1.165) is 29.0 Å². The van der Waals surface area contributed by atoms with Gasteiger partial charge in [-0.05, 0) is 49.3 Å². The first-order valence-corrected chi connectivity index (χ1v) is 8.15. The molecule has 2 unspecified atom stereocenters. The van der Waals surface area contributed by atoms with E-state index < -0.39 is 0 Å². The SMILES string of the molecule is Cc1cc2c(NCC3CCCC3CO)nc(Cl)nc2s1. The van der Waals surface area contributed by atoms with E-state index in [1.807, 2.05) is 0 Å². The summed E-state index contributed by atoms with van der Waals surface area (Å²) >= 11 is 7.62. The number of halogens is 1. The lowest BCUT2D eigenvalue weighted by atomic mass is 9.97. The third-order valence-electron chi connectivity index (χ3n) is 4.07. The molecule has 0 aliphatic heterocycles. The van der Waals surface area contributed by atoms with Crippen LogP contribution in [-0.2, 0) is 0 Å². The molecule has 4 nitrogen and oxygen atoms in total. The molecule has 2 aromatic heterocycles. The standard InChI is InChI=1S/C14H18ClN3OS/c1-8-5-11-12(17-14(15)18-13(11)20-8)16-6-9-3-2-4-10(9)7-19/h5,9-10,19H,2-4,6-7H2,1H3,(H,16,17,18). The normalized spacial score (nSPS) is 22.6. The fraction of sp³-hybridized carbons (Fsp3) is 0.571. The molecule has 2 atom stereocenters. The van der Waals surface area contributed by atoms with Crippen LogP contribution in [0.5, 0.6) is 0 Å². The predicted octanol–water partition coefficient (Wildman–Crippen LogP) is 3.47. The van der Waals surface area contributed by atoms with Gasteiger partial charge in [0.1, 0.15) is 10.6 Å². The highest BCUT2D eigenvalue weighted by Gasteiger charge is 2.26. The van der Waals surface area contributed by atoms with Crippen LogP contribution in [-0.4, -0.2) is 28.2 Å². The Morgan fingerprint density at radius 3 is 3.00 bits per heavy atom. The summed E-state index contributed by atoms with van der Waals surface area (Å²) in [6, 6.07) is 2.09. The van der Waals surface area contributed by atoms with E-state index in [1.54, 1.807) is 11.3 Å². The number of aromatic nitrogens is 2. The summed E-state index contributed by atoms with van der Waals surface area (Å²) in [4.78, 5) is 10.7. The van der Waals surface area contributed by atoms with Gasteiger partial charge in [0.15, 0.2) is 0 Å². The molecule has 2 heterocycles. The van der Waals surface area contributed by atoms with Crippen LogP contribution in [0, 0.1) is 18.8 Å². The average molecular weight is 312 g/mol. The quantitative estimate of drug-likeness (QED) is 0.849. The van der Waals surface area contributed by atoms with Crippen LogP contribution in [0.1, 0.15) is 24.1 Å². The molecule has 1 aliphatic carbocycles. The van der Waals surface area contributed by atoms with E-state index in [-0.39, 0.29) is 11.9 Å². The van der Waals surface area contributed by atoms with Crippen molar-refractivity contribution in [1.82, 2.24) is 9.97 Å². The molecular weight excluding hydrogens is 294 g/mol. The number of hydrogen-bond donors (Lipinski definition) is 2. The van der Waals surface area contributed by atoms with Gasteiger partial charge in [-0.3, -0.25) is 0 Å². The minimum Gasteiger partial charge on any atom is -0.396 e. The summed E-state index contributed by atoms with van der Waals surface area (Å²) in [5, 5.41) is 14.1. The van der Waals surface area contributed by atoms with Crippen LogP contribution in [0.2, 0.25) is 5.28 Å². The van der Waals surface area contributed by atoms with Gasteiger partial charge in [0.25, 0.3) is 0 Å². The monoisotopic (exact) mass is 311 g/mol. The minimum atomic E-state index is 0.282. The second kappa shape index (κ2) is 5.84. The zero-order chi connectivity index (χ0) is 14.1. The molecule has 3 rings (SSSR count). The maximum Gasteiger partial charge on any atom is 0.225 e. The number of fused-ring (bicyclic) bond motifs is 1. The lowest BCUT2D eigenvalue weighted by molar-refractivity contribution is 0.199. The van der Waals surface area contributed by atoms with E-state index in [4.69, 9.17) is 11.6 Å². The molecule has 20 heavy (non-hydrogen) atoms. The highest BCUT2D eigenvalue weighted by atomic mass is 35.5. The lowest BCUT2D eigenvalue weighted by Gasteiger charge is -2.18. The number of thiophene rings is 1. The molecule has 6 heteroatoms. The van der Waals surface area contributed by atoms with Gasteiger partial charge in [-0.2, -0.15) is 0 Å². The Bertz CT molecular complexity index is 616. The minimum absolute atomic E-state index is 0.282. The third kappa shape index (κ3) is 2.75. The maximum absolute atomic E-state index is 9.38. The largest absolute Gasteiger partial charge is 0.396 e. The molecule has 1 saturated carbocycles. The summed E-state index contributed by atoms with van der Waals surface area (Å²) in [7, 11) is 0. The summed E-state index contributed by atoms with van der Waals surface area (Å²) in [5.41, 5.74) is 0. The van der Waals surface area contributed by atoms with E-state index in [1.165, 1.54) is 17.7 Å². The zero-order valence-corrected chi connectivity index (χ0v) is 13.0. The van der Waals surface area contributed by atoms with Crippen LogP contribution in [0.15, 0.2) is 6.07 Å². The van der Waals surface area contributed by atoms with Crippen LogP contribution in [0.4, 0.5) is 5.82 Å². The van der Waals surface area contributed by atoms with Gasteiger partial charge >= 0.3 is 0 Å². The van der Waals surface area contributed by atoms with E-state index in [9.17, 15) is 5.11 Å². The number of anilines is 1. The molecule has 0 radical (unpaired) electrons. The first-order valence-electron chi connectivity index (χ1n) is 6.96. The van der Waals surface area contributed by atoms with Gasteiger partial charge in [0.05, 0.1) is 5.39 Å². The summed E-state index contributed by atoms with van der Waals surface area (Å²) < 4.78 is 0. The summed E-state index contributed by atoms with van der Waals surface area (Å²) in [6.45, 7) is 3.18. The first-order chi connectivity index (χ1) is 9.67. The fourth-order valence-electron chi connectivity index (χ4n) is 3.00. The number of nitrogens with zero attached hydrogens (tertiary/aromatic N) is 2. The van der Waals surface area contributed by atoms with Crippen LogP contribution >= 0.6 is 22.9 Å². The second-order valence-corrected chi connectivity index (χ2v) is 7.00. The molecule has 1 fully saturated rings. The van der Waals surface area contributed by atoms with E-state index >= 15 is 0 Å². The molecule has 0 bridgehead atoms. The number of rotatable bonds is 4. The van der Waals surface area contributed by atoms with Crippen molar-refractivity contribution in [2.45, 2.75) is 26.2 Å². The van der Waals surface area contributed by atoms with Crippen molar-refractivity contribution >= 4 is 39.0 Å². The molecule has 0 amide bonds. The Balaban J connectivity index is 1.80. The number of aliphatic hydroxyl groups excluding tert-OH is 1. The topological polar surface area (TPSA) is 58.0 Å². The van der Waals surface area contributed by atoms with Crippen molar-refractivity contribution < 1.29 is 5.11 Å². The van der Waals surface area contributed by atoms with Gasteiger partial charge in [-0.15, -0.1) is 11.3 Å². The Kier molecular flexibility index (Phi) is 4.10. The number of hydrogen-bond acceptors (Lipinski definition) is 5. The van der Waals surface area contributed by atoms with Crippen molar-refractivity contribution in [1.29, 1.82) is 0 Å². The molecule has 0 saturated heterocycles. The van der Waals surface area contributed by atoms with Gasteiger partial charge in [0, 0.05) is 18.0 Å². The smallest absolute Gasteiger partial charge is 0.225 e. The van der Waals surface area contributed by atoms with Gasteiger partial charge in [-0.25, -0.2) is 9.97 Å². The zero-order valence-electron chi connectivity index (χ0n) is 11.4. The Labute approximate surface area is 127 Å². The highest BCUT2D eigenvalue weighted by Crippen LogP contribution is 2.33. The van der Waals surface area contributed by atoms with Crippen LogP contribution in [0.3, 0.4) is 0 Å². The molecule has 108 valence electrons. The van der Waals surface area contributed by atoms with Gasteiger partial charge < -0.3 is 10.4 Å². The number of aryl methyl sites for hydroxylation is 1. The van der Waals surface area contributed by atoms with Gasteiger partial charge in [0.2, 0.25) is 5.28 Å². The summed E-state index contributed by atoms with van der Waals surface area (Å²) in [5.74, 6) is 1.75. The second-order valence-electron chi connectivity index (χ2n) is 5.43. The third-order valence-corrected chi connectivity index (χ3v) is 5.18. The molecule has 0 spiro atoms. The average Bonchev–Trinajstić information content (AvgIpc) is 3.00. The lowest BCUT2D eigenvalue weighted by Crippen LogP contribution is -2.21. The van der Waals surface area contributed by atoms with Crippen molar-refractivity contribution in [2.75, 3.05) is 18.5 Å². The molecular formula is C14H18ClN3OS. The fourth-order valence-corrected chi connectivity index (χ4v) is 4.10. The van der Waals surface area contributed by atoms with Crippen LogP contribution < -0.4 is 5.32 Å². The molecule has 0 aromatic carbocycles. The molecule has 2 aromatic rings. The molecule has 1 aliphatic rings. The van der Waals surface area contributed by atoms with Crippen molar-refractivity contribution in [2.24, 2.45) is 11.8 Å².